The van der Waals surface area contributed by atoms with Gasteiger partial charge < -0.3 is 10.2 Å². The average molecular weight is 161 g/mol. The Hall–Kier alpha value is -0.500. The maximum Gasteiger partial charge on any atom is 0.410 e. The molecule has 0 aromatic rings. The lowest BCUT2D eigenvalue weighted by Gasteiger charge is -1.93. The molecule has 2 unspecified atom stereocenters. The van der Waals surface area contributed by atoms with Gasteiger partial charge in [-0.1, -0.05) is 17.7 Å². The van der Waals surface area contributed by atoms with E-state index in [0.29, 0.717) is 0 Å². The predicted octanol–water partition coefficient (Wildman–Crippen LogP) is 0.823. The Balaban J connectivity index is 4.06. The van der Waals surface area contributed by atoms with Crippen LogP contribution in [0, 0.1) is 0 Å². The summed E-state index contributed by atoms with van der Waals surface area (Å²) in [4.78, 5) is 0. The molecule has 0 heterocycles. The van der Waals surface area contributed by atoms with Gasteiger partial charge in [-0.3, -0.25) is 0 Å². The minimum Gasteiger partial charge on any atom is -0.348 e. The second-order valence-corrected chi connectivity index (χ2v) is 3.44. The lowest BCUT2D eigenvalue weighted by atomic mass is 10.7. The van der Waals surface area contributed by atoms with E-state index in [-0.39, 0.29) is 0 Å². The van der Waals surface area contributed by atoms with E-state index in [2.05, 4.69) is 13.2 Å². The first-order valence-electron chi connectivity index (χ1n) is 2.70. The molecule has 0 aliphatic rings. The summed E-state index contributed by atoms with van der Waals surface area (Å²) in [5, 5.41) is 17.6. The van der Waals surface area contributed by atoms with Crippen molar-refractivity contribution in [2.24, 2.45) is 0 Å². The largest absolute Gasteiger partial charge is 0.410 e. The molecule has 4 heteroatoms. The molecule has 0 amide bonds. The van der Waals surface area contributed by atoms with Gasteiger partial charge in [0.25, 0.3) is 11.7 Å². The molecule has 0 saturated carbocycles. The summed E-state index contributed by atoms with van der Waals surface area (Å²) in [5.74, 6) is -2.30. The summed E-state index contributed by atoms with van der Waals surface area (Å²) in [6.07, 6.45) is 2.23. The van der Waals surface area contributed by atoms with E-state index in [1.807, 2.05) is 0 Å². The molecule has 2 atom stereocenters. The zero-order valence-corrected chi connectivity index (χ0v) is 6.37. The van der Waals surface area contributed by atoms with Crippen molar-refractivity contribution in [1.82, 2.24) is 0 Å². The Morgan fingerprint density at radius 2 is 1.50 bits per heavy atom. The number of hydrogen-bond donors (Lipinski definition) is 2. The maximum atomic E-state index is 10.8. The summed E-state index contributed by atoms with van der Waals surface area (Å²) in [6, 6.07) is 0. The molecule has 56 valence electrons. The summed E-state index contributed by atoms with van der Waals surface area (Å²) in [5.41, 5.74) is 0. The van der Waals surface area contributed by atoms with E-state index in [4.69, 9.17) is 10.2 Å². The van der Waals surface area contributed by atoms with E-state index in [9.17, 15) is 4.57 Å². The number of aliphatic hydroxyl groups excluding tert-OH is 2. The van der Waals surface area contributed by atoms with E-state index in [1.54, 1.807) is 0 Å². The quantitative estimate of drug-likeness (QED) is 0.474. The monoisotopic (exact) mass is 161 g/mol. The zero-order chi connectivity index (χ0) is 8.15. The fourth-order valence-corrected chi connectivity index (χ4v) is 1.09. The molecule has 0 radical (unpaired) electrons. The van der Waals surface area contributed by atoms with Crippen LogP contribution in [0.15, 0.2) is 25.3 Å². The molecule has 2 N–H and O–H groups in total. The summed E-state index contributed by atoms with van der Waals surface area (Å²) in [6.45, 7) is 6.44. The highest BCUT2D eigenvalue weighted by atomic mass is 31.1. The molecule has 0 bridgehead atoms. The first kappa shape index (κ1) is 9.50. The van der Waals surface area contributed by atoms with Gasteiger partial charge in [0.2, 0.25) is 0 Å². The molecule has 0 aromatic heterocycles. The maximum absolute atomic E-state index is 10.8. The van der Waals surface area contributed by atoms with Crippen LogP contribution in [-0.2, 0) is 4.57 Å². The van der Waals surface area contributed by atoms with Crippen LogP contribution in [-0.4, -0.2) is 21.9 Å². The van der Waals surface area contributed by atoms with Crippen LogP contribution in [0.25, 0.3) is 0 Å². The number of rotatable bonds is 4. The van der Waals surface area contributed by atoms with E-state index in [0.717, 1.165) is 12.2 Å². The summed E-state index contributed by atoms with van der Waals surface area (Å²) >= 11 is 0. The highest BCUT2D eigenvalue weighted by Crippen LogP contribution is 2.31. The molecule has 0 aliphatic carbocycles. The SMILES string of the molecule is C=CC(O)[P+](=O)C(O)C=C. The van der Waals surface area contributed by atoms with E-state index >= 15 is 0 Å². The van der Waals surface area contributed by atoms with E-state index < -0.39 is 19.5 Å². The highest BCUT2D eigenvalue weighted by molar-refractivity contribution is 7.46. The van der Waals surface area contributed by atoms with Crippen molar-refractivity contribution in [2.45, 2.75) is 11.7 Å². The molecule has 10 heavy (non-hydrogen) atoms. The molecule has 3 nitrogen and oxygen atoms in total. The van der Waals surface area contributed by atoms with Gasteiger partial charge in [0.15, 0.2) is 0 Å². The van der Waals surface area contributed by atoms with Crippen LogP contribution < -0.4 is 0 Å². The molecule has 0 fully saturated rings. The standard InChI is InChI=1S/C6H10O3P/c1-3-5(7)10(9)6(8)4-2/h3-8H,1-2H2/q+1. The second-order valence-electron chi connectivity index (χ2n) is 1.66. The third-order valence-corrected chi connectivity index (χ3v) is 2.41. The van der Waals surface area contributed by atoms with Crippen molar-refractivity contribution in [1.29, 1.82) is 0 Å². The van der Waals surface area contributed by atoms with Gasteiger partial charge >= 0.3 is 7.80 Å². The van der Waals surface area contributed by atoms with Gasteiger partial charge in [-0.25, -0.2) is 0 Å². The predicted molar refractivity (Wildman–Crippen MR) is 40.0 cm³/mol. The smallest absolute Gasteiger partial charge is 0.348 e. The topological polar surface area (TPSA) is 57.5 Å². The summed E-state index contributed by atoms with van der Waals surface area (Å²) in [7, 11) is -2.08. The van der Waals surface area contributed by atoms with Crippen LogP contribution in [0.4, 0.5) is 0 Å². The lowest BCUT2D eigenvalue weighted by molar-refractivity contribution is 0.263. The molecule has 0 spiro atoms. The average Bonchev–Trinajstić information content (AvgIpc) is 2.00. The van der Waals surface area contributed by atoms with Gasteiger partial charge in [-0.2, -0.15) is 0 Å². The molecular weight excluding hydrogens is 151 g/mol. The lowest BCUT2D eigenvalue weighted by Crippen LogP contribution is -2.04. The Morgan fingerprint density at radius 1 is 1.20 bits per heavy atom. The van der Waals surface area contributed by atoms with Crippen molar-refractivity contribution < 1.29 is 14.8 Å². The van der Waals surface area contributed by atoms with E-state index in [1.165, 1.54) is 0 Å². The van der Waals surface area contributed by atoms with Crippen LogP contribution >= 0.6 is 7.80 Å². The number of aliphatic hydroxyl groups is 2. The van der Waals surface area contributed by atoms with Gasteiger partial charge in [0.05, 0.1) is 0 Å². The van der Waals surface area contributed by atoms with Crippen molar-refractivity contribution in [2.75, 3.05) is 0 Å². The van der Waals surface area contributed by atoms with Crippen molar-refractivity contribution in [3.8, 4) is 0 Å². The first-order chi connectivity index (χ1) is 4.63. The van der Waals surface area contributed by atoms with Crippen molar-refractivity contribution in [3.63, 3.8) is 0 Å². The highest BCUT2D eigenvalue weighted by Gasteiger charge is 2.31. The minimum atomic E-state index is -2.08. The van der Waals surface area contributed by atoms with Gasteiger partial charge in [0.1, 0.15) is 0 Å². The molecule has 0 aromatic carbocycles. The van der Waals surface area contributed by atoms with Gasteiger partial charge in [-0.15, -0.1) is 0 Å². The summed E-state index contributed by atoms with van der Waals surface area (Å²) < 4.78 is 10.8. The Morgan fingerprint density at radius 3 is 1.70 bits per heavy atom. The van der Waals surface area contributed by atoms with Crippen molar-refractivity contribution in [3.05, 3.63) is 25.3 Å². The molecule has 0 rings (SSSR count). The normalized spacial score (nSPS) is 17.2. The molecule has 0 aliphatic heterocycles. The third-order valence-electron chi connectivity index (χ3n) is 0.943. The fraction of sp³-hybridized carbons (Fsp3) is 0.333. The Labute approximate surface area is 60.5 Å². The van der Waals surface area contributed by atoms with Crippen LogP contribution in [0.2, 0.25) is 0 Å². The van der Waals surface area contributed by atoms with Crippen LogP contribution in [0.3, 0.4) is 0 Å². The van der Waals surface area contributed by atoms with Gasteiger partial charge in [0, 0.05) is 0 Å². The first-order valence-corrected chi connectivity index (χ1v) is 4.10. The van der Waals surface area contributed by atoms with Crippen molar-refractivity contribution >= 4 is 7.80 Å². The third kappa shape index (κ3) is 2.40. The number of hydrogen-bond acceptors (Lipinski definition) is 3. The molecule has 0 saturated heterocycles. The van der Waals surface area contributed by atoms with Crippen LogP contribution in [0.5, 0.6) is 0 Å². The Bertz CT molecular complexity index is 139. The molecular formula is C6H10O3P+. The fourth-order valence-electron chi connectivity index (χ4n) is 0.364. The Kier molecular flexibility index (Phi) is 4.12. The minimum absolute atomic E-state index is 1.12. The zero-order valence-electron chi connectivity index (χ0n) is 5.47. The van der Waals surface area contributed by atoms with Crippen LogP contribution in [0.1, 0.15) is 0 Å². The second kappa shape index (κ2) is 4.34. The van der Waals surface area contributed by atoms with Gasteiger partial charge in [-0.05, 0) is 12.2 Å².